The van der Waals surface area contributed by atoms with Crippen LogP contribution >= 0.6 is 23.1 Å². The van der Waals surface area contributed by atoms with E-state index in [0.29, 0.717) is 11.7 Å². The second-order valence-electron chi connectivity index (χ2n) is 6.21. The highest BCUT2D eigenvalue weighted by Crippen LogP contribution is 2.36. The van der Waals surface area contributed by atoms with E-state index in [1.807, 2.05) is 6.92 Å². The lowest BCUT2D eigenvalue weighted by Gasteiger charge is -2.12. The Kier molecular flexibility index (Phi) is 4.83. The van der Waals surface area contributed by atoms with Crippen LogP contribution < -0.4 is 5.56 Å². The van der Waals surface area contributed by atoms with Crippen LogP contribution in [0.3, 0.4) is 0 Å². The first-order chi connectivity index (χ1) is 12.6. The monoisotopic (exact) mass is 396 g/mol. The quantitative estimate of drug-likeness (QED) is 0.462. The average molecular weight is 396 g/mol. The molecule has 3 aromatic rings. The van der Waals surface area contributed by atoms with Crippen LogP contribution in [0, 0.1) is 0 Å². The molecule has 0 amide bonds. The van der Waals surface area contributed by atoms with Crippen molar-refractivity contribution >= 4 is 33.3 Å². The van der Waals surface area contributed by atoms with Crippen LogP contribution in [0.25, 0.3) is 10.2 Å². The van der Waals surface area contributed by atoms with E-state index in [2.05, 4.69) is 4.98 Å². The number of halogens is 2. The highest BCUT2D eigenvalue weighted by Gasteiger charge is 2.23. The second-order valence-corrected chi connectivity index (χ2v) is 8.23. The summed E-state index contributed by atoms with van der Waals surface area (Å²) in [5, 5.41) is 1.34. The molecule has 0 fully saturated rings. The zero-order valence-corrected chi connectivity index (χ0v) is 15.9. The summed E-state index contributed by atoms with van der Waals surface area (Å²) in [6.45, 7) is -0.0494. The van der Waals surface area contributed by atoms with Crippen molar-refractivity contribution in [1.82, 2.24) is 19.1 Å². The van der Waals surface area contributed by atoms with Crippen molar-refractivity contribution in [1.29, 1.82) is 0 Å². The molecule has 0 N–H and O–H groups in total. The van der Waals surface area contributed by atoms with Crippen LogP contribution in [0.15, 0.2) is 22.3 Å². The molecule has 0 unspecified atom stereocenters. The summed E-state index contributed by atoms with van der Waals surface area (Å²) in [5.74, 6) is 0.514. The maximum atomic E-state index is 13.1. The van der Waals surface area contributed by atoms with Crippen LogP contribution in [0.5, 0.6) is 0 Å². The van der Waals surface area contributed by atoms with E-state index in [0.717, 1.165) is 46.0 Å². The third-order valence-electron chi connectivity index (χ3n) is 4.53. The van der Waals surface area contributed by atoms with Gasteiger partial charge in [0.05, 0.1) is 11.1 Å². The van der Waals surface area contributed by atoms with Crippen LogP contribution in [-0.4, -0.2) is 19.1 Å². The second kappa shape index (κ2) is 7.11. The fraction of sp³-hybridized carbons (Fsp3) is 0.471. The van der Waals surface area contributed by atoms with Crippen molar-refractivity contribution in [3.05, 3.63) is 39.0 Å². The zero-order valence-electron chi connectivity index (χ0n) is 14.2. The predicted molar refractivity (Wildman–Crippen MR) is 99.2 cm³/mol. The van der Waals surface area contributed by atoms with Crippen molar-refractivity contribution in [3.8, 4) is 0 Å². The normalized spacial score (nSPS) is 13.8. The number of hydrogen-bond donors (Lipinski definition) is 0. The largest absolute Gasteiger partial charge is 0.319 e. The molecule has 138 valence electrons. The van der Waals surface area contributed by atoms with Gasteiger partial charge in [0.15, 0.2) is 5.16 Å². The number of nitrogens with zero attached hydrogens (tertiary/aromatic N) is 4. The van der Waals surface area contributed by atoms with Gasteiger partial charge in [-0.2, -0.15) is 8.78 Å². The Bertz CT molecular complexity index is 1010. The molecule has 3 heterocycles. The molecular formula is C17H18F2N4OS2. The Morgan fingerprint density at radius 3 is 3.00 bits per heavy atom. The van der Waals surface area contributed by atoms with Crippen LogP contribution in [0.4, 0.5) is 8.78 Å². The molecule has 4 rings (SSSR count). The number of alkyl halides is 2. The van der Waals surface area contributed by atoms with Gasteiger partial charge in [0.1, 0.15) is 10.7 Å². The van der Waals surface area contributed by atoms with Gasteiger partial charge in [-0.05, 0) is 31.2 Å². The number of fused-ring (bicyclic) bond motifs is 3. The van der Waals surface area contributed by atoms with Gasteiger partial charge in [-0.1, -0.05) is 18.7 Å². The van der Waals surface area contributed by atoms with E-state index >= 15 is 0 Å². The molecule has 0 spiro atoms. The molecule has 0 radical (unpaired) electrons. The van der Waals surface area contributed by atoms with Gasteiger partial charge >= 0.3 is 6.55 Å². The molecular weight excluding hydrogens is 378 g/mol. The van der Waals surface area contributed by atoms with E-state index in [9.17, 15) is 13.6 Å². The first-order valence-electron chi connectivity index (χ1n) is 8.58. The molecule has 1 aliphatic carbocycles. The fourth-order valence-corrected chi connectivity index (χ4v) is 5.63. The zero-order chi connectivity index (χ0) is 18.3. The summed E-state index contributed by atoms with van der Waals surface area (Å²) < 4.78 is 28.5. The first-order valence-corrected chi connectivity index (χ1v) is 10.4. The Morgan fingerprint density at radius 1 is 1.38 bits per heavy atom. The van der Waals surface area contributed by atoms with Gasteiger partial charge in [-0.3, -0.25) is 13.9 Å². The number of aryl methyl sites for hydroxylation is 2. The standard InChI is InChI=1S/C17H18F2N4OS2/c1-2-7-23-15(24)13-10-4-3-5-11(10)26-14(13)21-17(23)25-9-12-20-6-8-22(12)16(18)19/h6,8,16H,2-5,7,9H2,1H3. The summed E-state index contributed by atoms with van der Waals surface area (Å²) in [5.41, 5.74) is 1.16. The minimum absolute atomic E-state index is 0.00375. The number of thiophene rings is 1. The minimum Gasteiger partial charge on any atom is -0.287 e. The Labute approximate surface area is 157 Å². The van der Waals surface area contributed by atoms with Crippen molar-refractivity contribution < 1.29 is 8.78 Å². The van der Waals surface area contributed by atoms with Gasteiger partial charge in [-0.15, -0.1) is 11.3 Å². The lowest BCUT2D eigenvalue weighted by molar-refractivity contribution is 0.0678. The summed E-state index contributed by atoms with van der Waals surface area (Å²) in [4.78, 5) is 23.8. The number of aromatic nitrogens is 4. The topological polar surface area (TPSA) is 52.7 Å². The predicted octanol–water partition coefficient (Wildman–Crippen LogP) is 4.24. The van der Waals surface area contributed by atoms with Gasteiger partial charge in [0, 0.05) is 23.8 Å². The van der Waals surface area contributed by atoms with E-state index in [4.69, 9.17) is 4.98 Å². The maximum Gasteiger partial charge on any atom is 0.319 e. The molecule has 0 aromatic carbocycles. The van der Waals surface area contributed by atoms with Gasteiger partial charge in [0.25, 0.3) is 5.56 Å². The smallest absolute Gasteiger partial charge is 0.287 e. The third kappa shape index (κ3) is 2.96. The molecule has 3 aromatic heterocycles. The maximum absolute atomic E-state index is 13.1. The van der Waals surface area contributed by atoms with Crippen molar-refractivity contribution in [2.75, 3.05) is 0 Å². The number of rotatable bonds is 6. The van der Waals surface area contributed by atoms with E-state index < -0.39 is 6.55 Å². The Morgan fingerprint density at radius 2 is 2.23 bits per heavy atom. The van der Waals surface area contributed by atoms with Crippen molar-refractivity contribution in [2.45, 2.75) is 56.6 Å². The van der Waals surface area contributed by atoms with Gasteiger partial charge in [-0.25, -0.2) is 9.97 Å². The Hall–Kier alpha value is -1.74. The summed E-state index contributed by atoms with van der Waals surface area (Å²) in [6, 6.07) is 0. The van der Waals surface area contributed by atoms with Gasteiger partial charge in [0.2, 0.25) is 0 Å². The summed E-state index contributed by atoms with van der Waals surface area (Å²) in [6.07, 6.45) is 6.48. The number of thioether (sulfide) groups is 1. The lowest BCUT2D eigenvalue weighted by atomic mass is 10.2. The Balaban J connectivity index is 1.73. The fourth-order valence-electron chi connectivity index (χ4n) is 3.35. The van der Waals surface area contributed by atoms with Gasteiger partial charge < -0.3 is 0 Å². The SMILES string of the molecule is CCCn1c(SCc2nccn2C(F)F)nc2sc3c(c2c1=O)CCC3. The number of hydrogen-bond acceptors (Lipinski definition) is 5. The van der Waals surface area contributed by atoms with E-state index in [1.54, 1.807) is 15.9 Å². The van der Waals surface area contributed by atoms with E-state index in [1.165, 1.54) is 29.0 Å². The molecule has 9 heteroatoms. The average Bonchev–Trinajstić information content (AvgIpc) is 3.30. The van der Waals surface area contributed by atoms with Crippen molar-refractivity contribution in [2.24, 2.45) is 0 Å². The molecule has 26 heavy (non-hydrogen) atoms. The highest BCUT2D eigenvalue weighted by molar-refractivity contribution is 7.98. The van der Waals surface area contributed by atoms with Crippen LogP contribution in [0.1, 0.15) is 42.6 Å². The van der Waals surface area contributed by atoms with Crippen LogP contribution in [0.2, 0.25) is 0 Å². The molecule has 0 atom stereocenters. The molecule has 0 bridgehead atoms. The molecule has 1 aliphatic rings. The molecule has 0 saturated heterocycles. The third-order valence-corrected chi connectivity index (χ3v) is 6.68. The van der Waals surface area contributed by atoms with E-state index in [-0.39, 0.29) is 17.1 Å². The summed E-state index contributed by atoms with van der Waals surface area (Å²) in [7, 11) is 0. The summed E-state index contributed by atoms with van der Waals surface area (Å²) >= 11 is 2.88. The molecule has 5 nitrogen and oxygen atoms in total. The lowest BCUT2D eigenvalue weighted by Crippen LogP contribution is -2.23. The number of imidazole rings is 1. The molecule has 0 aliphatic heterocycles. The first kappa shape index (κ1) is 17.7. The molecule has 0 saturated carbocycles. The highest BCUT2D eigenvalue weighted by atomic mass is 32.2. The minimum atomic E-state index is -2.62. The van der Waals surface area contributed by atoms with Crippen molar-refractivity contribution in [3.63, 3.8) is 0 Å². The van der Waals surface area contributed by atoms with Crippen LogP contribution in [-0.2, 0) is 25.1 Å².